The molecule has 2 rings (SSSR count). The van der Waals surface area contributed by atoms with E-state index in [9.17, 15) is 28.1 Å². The first-order valence-electron chi connectivity index (χ1n) is 5.82. The first kappa shape index (κ1) is 14.3. The third kappa shape index (κ3) is 3.06. The molecule has 1 amide bonds. The van der Waals surface area contributed by atoms with Crippen LogP contribution in [-0.2, 0) is 4.79 Å². The second-order valence-electron chi connectivity index (χ2n) is 4.47. The first-order valence-corrected chi connectivity index (χ1v) is 5.82. The minimum atomic E-state index is -4.46. The van der Waals surface area contributed by atoms with E-state index in [0.717, 1.165) is 17.1 Å². The SMILES string of the molecule is O=C1C(n2cc([N+](=O)[O-])cn2)CCCN1CC(F)(F)F. The zero-order chi connectivity index (χ0) is 14.9. The van der Waals surface area contributed by atoms with Crippen molar-refractivity contribution in [1.82, 2.24) is 14.7 Å². The standard InChI is InChI=1S/C10H11F3N4O3/c11-10(12,13)6-15-3-1-2-8(9(15)18)16-5-7(4-14-16)17(19)20/h4-5,8H,1-3,6H2. The number of hydrogen-bond acceptors (Lipinski definition) is 4. The highest BCUT2D eigenvalue weighted by molar-refractivity contribution is 5.81. The van der Waals surface area contributed by atoms with Gasteiger partial charge in [0.25, 0.3) is 0 Å². The van der Waals surface area contributed by atoms with Crippen molar-refractivity contribution in [3.63, 3.8) is 0 Å². The molecular formula is C10H11F3N4O3. The lowest BCUT2D eigenvalue weighted by Gasteiger charge is -2.32. The van der Waals surface area contributed by atoms with Gasteiger partial charge in [-0.15, -0.1) is 0 Å². The number of rotatable bonds is 3. The Labute approximate surface area is 111 Å². The topological polar surface area (TPSA) is 81.3 Å². The van der Waals surface area contributed by atoms with Crippen molar-refractivity contribution in [1.29, 1.82) is 0 Å². The maximum atomic E-state index is 12.3. The van der Waals surface area contributed by atoms with E-state index in [0.29, 0.717) is 17.7 Å². The molecule has 1 aliphatic rings. The number of halogens is 3. The summed E-state index contributed by atoms with van der Waals surface area (Å²) in [5.74, 6) is -0.716. The molecule has 1 atom stereocenters. The molecule has 2 heterocycles. The molecule has 7 nitrogen and oxygen atoms in total. The zero-order valence-corrected chi connectivity index (χ0v) is 10.2. The van der Waals surface area contributed by atoms with Crippen LogP contribution in [0.15, 0.2) is 12.4 Å². The van der Waals surface area contributed by atoms with Crippen LogP contribution in [0.4, 0.5) is 18.9 Å². The second-order valence-corrected chi connectivity index (χ2v) is 4.47. The van der Waals surface area contributed by atoms with Gasteiger partial charge in [0.1, 0.15) is 25.0 Å². The van der Waals surface area contributed by atoms with E-state index in [1.54, 1.807) is 0 Å². The lowest BCUT2D eigenvalue weighted by Crippen LogP contribution is -2.46. The third-order valence-corrected chi connectivity index (χ3v) is 2.99. The van der Waals surface area contributed by atoms with Gasteiger partial charge in [-0.2, -0.15) is 18.3 Å². The van der Waals surface area contributed by atoms with Crippen LogP contribution in [-0.4, -0.2) is 44.8 Å². The minimum absolute atomic E-state index is 0.0260. The third-order valence-electron chi connectivity index (χ3n) is 2.99. The van der Waals surface area contributed by atoms with Gasteiger partial charge in [0, 0.05) is 6.54 Å². The first-order chi connectivity index (χ1) is 9.28. The summed E-state index contributed by atoms with van der Waals surface area (Å²) in [6.45, 7) is -1.29. The fourth-order valence-corrected chi connectivity index (χ4v) is 2.13. The van der Waals surface area contributed by atoms with Crippen LogP contribution in [0.2, 0.25) is 0 Å². The van der Waals surface area contributed by atoms with Crippen molar-refractivity contribution in [3.8, 4) is 0 Å². The van der Waals surface area contributed by atoms with Gasteiger partial charge in [-0.05, 0) is 12.8 Å². The van der Waals surface area contributed by atoms with Gasteiger partial charge in [0.2, 0.25) is 5.91 Å². The van der Waals surface area contributed by atoms with Gasteiger partial charge in [0.05, 0.1) is 4.92 Å². The summed E-state index contributed by atoms with van der Waals surface area (Å²) in [5, 5.41) is 14.2. The summed E-state index contributed by atoms with van der Waals surface area (Å²) >= 11 is 0. The number of carbonyl (C=O) groups is 1. The lowest BCUT2D eigenvalue weighted by molar-refractivity contribution is -0.385. The summed E-state index contributed by atoms with van der Waals surface area (Å²) in [6.07, 6.45) is -1.74. The Morgan fingerprint density at radius 2 is 2.20 bits per heavy atom. The van der Waals surface area contributed by atoms with Crippen molar-refractivity contribution in [2.45, 2.75) is 25.1 Å². The highest BCUT2D eigenvalue weighted by Gasteiger charge is 2.38. The Morgan fingerprint density at radius 1 is 1.50 bits per heavy atom. The van der Waals surface area contributed by atoms with E-state index in [4.69, 9.17) is 0 Å². The molecule has 1 aromatic heterocycles. The molecule has 0 N–H and O–H groups in total. The number of amides is 1. The molecule has 1 aromatic rings. The number of hydrogen-bond donors (Lipinski definition) is 0. The number of nitro groups is 1. The van der Waals surface area contributed by atoms with Gasteiger partial charge in [-0.1, -0.05) is 0 Å². The monoisotopic (exact) mass is 292 g/mol. The molecule has 1 unspecified atom stereocenters. The molecule has 20 heavy (non-hydrogen) atoms. The molecule has 1 aliphatic heterocycles. The fourth-order valence-electron chi connectivity index (χ4n) is 2.13. The predicted octanol–water partition coefficient (Wildman–Crippen LogP) is 1.52. The molecule has 110 valence electrons. The summed E-state index contributed by atoms with van der Waals surface area (Å²) in [7, 11) is 0. The van der Waals surface area contributed by atoms with E-state index in [2.05, 4.69) is 5.10 Å². The summed E-state index contributed by atoms with van der Waals surface area (Å²) < 4.78 is 38.1. The molecule has 0 radical (unpaired) electrons. The molecular weight excluding hydrogens is 281 g/mol. The molecule has 0 aliphatic carbocycles. The van der Waals surface area contributed by atoms with Gasteiger partial charge in [-0.25, -0.2) is 0 Å². The molecule has 1 fully saturated rings. The Morgan fingerprint density at radius 3 is 2.75 bits per heavy atom. The average Bonchev–Trinajstić information content (AvgIpc) is 2.79. The summed E-state index contributed by atoms with van der Waals surface area (Å²) in [5.41, 5.74) is -0.300. The maximum Gasteiger partial charge on any atom is 0.406 e. The number of carbonyl (C=O) groups excluding carboxylic acids is 1. The largest absolute Gasteiger partial charge is 0.406 e. The normalized spacial score (nSPS) is 20.2. The highest BCUT2D eigenvalue weighted by Crippen LogP contribution is 2.27. The number of likely N-dealkylation sites (tertiary alicyclic amines) is 1. The number of nitrogens with zero attached hydrogens (tertiary/aromatic N) is 4. The van der Waals surface area contributed by atoms with Crippen LogP contribution in [0.5, 0.6) is 0 Å². The Bertz CT molecular complexity index is 528. The van der Waals surface area contributed by atoms with Crippen molar-refractivity contribution in [3.05, 3.63) is 22.5 Å². The van der Waals surface area contributed by atoms with Gasteiger partial charge in [-0.3, -0.25) is 19.6 Å². The van der Waals surface area contributed by atoms with E-state index < -0.39 is 29.6 Å². The van der Waals surface area contributed by atoms with Crippen molar-refractivity contribution < 1.29 is 22.9 Å². The van der Waals surface area contributed by atoms with Crippen LogP contribution < -0.4 is 0 Å². The van der Waals surface area contributed by atoms with E-state index in [1.165, 1.54) is 0 Å². The quantitative estimate of drug-likeness (QED) is 0.624. The van der Waals surface area contributed by atoms with E-state index in [-0.39, 0.29) is 12.2 Å². The highest BCUT2D eigenvalue weighted by atomic mass is 19.4. The molecule has 0 saturated carbocycles. The molecule has 0 bridgehead atoms. The minimum Gasteiger partial charge on any atom is -0.332 e. The van der Waals surface area contributed by atoms with Crippen LogP contribution in [0.25, 0.3) is 0 Å². The van der Waals surface area contributed by atoms with E-state index in [1.807, 2.05) is 0 Å². The van der Waals surface area contributed by atoms with E-state index >= 15 is 0 Å². The number of alkyl halides is 3. The Hall–Kier alpha value is -2.13. The smallest absolute Gasteiger partial charge is 0.332 e. The Balaban J connectivity index is 2.15. The summed E-state index contributed by atoms with van der Waals surface area (Å²) in [6, 6.07) is -0.917. The average molecular weight is 292 g/mol. The van der Waals surface area contributed by atoms with Crippen molar-refractivity contribution in [2.24, 2.45) is 0 Å². The fraction of sp³-hybridized carbons (Fsp3) is 0.600. The number of aromatic nitrogens is 2. The van der Waals surface area contributed by atoms with Crippen LogP contribution in [0.1, 0.15) is 18.9 Å². The lowest BCUT2D eigenvalue weighted by atomic mass is 10.1. The molecule has 0 spiro atoms. The zero-order valence-electron chi connectivity index (χ0n) is 10.2. The van der Waals surface area contributed by atoms with Crippen LogP contribution in [0, 0.1) is 10.1 Å². The van der Waals surface area contributed by atoms with Crippen molar-refractivity contribution in [2.75, 3.05) is 13.1 Å². The van der Waals surface area contributed by atoms with Gasteiger partial charge in [0.15, 0.2) is 0 Å². The molecule has 0 aromatic carbocycles. The molecule has 10 heteroatoms. The van der Waals surface area contributed by atoms with Gasteiger partial charge < -0.3 is 4.90 Å². The molecule has 1 saturated heterocycles. The maximum absolute atomic E-state index is 12.3. The van der Waals surface area contributed by atoms with Crippen LogP contribution in [0.3, 0.4) is 0 Å². The second kappa shape index (κ2) is 5.10. The summed E-state index contributed by atoms with van der Waals surface area (Å²) in [4.78, 5) is 22.6. The number of piperidine rings is 1. The predicted molar refractivity (Wildman–Crippen MR) is 59.8 cm³/mol. The van der Waals surface area contributed by atoms with Crippen LogP contribution >= 0.6 is 0 Å². The Kier molecular flexibility index (Phi) is 3.64. The van der Waals surface area contributed by atoms with Gasteiger partial charge >= 0.3 is 11.9 Å². The van der Waals surface area contributed by atoms with Crippen molar-refractivity contribution >= 4 is 11.6 Å².